The standard InChI is InChI=1S/C13H15N5O2/c19-13(12-15-9-16-17-12)18-7-1-2-11(8-18)20-10-3-5-14-6-4-10/h3-6,9,11H,1-2,7-8H2,(H,15,16,17). The summed E-state index contributed by atoms with van der Waals surface area (Å²) in [7, 11) is 0. The predicted molar refractivity (Wildman–Crippen MR) is 70.2 cm³/mol. The Kier molecular flexibility index (Phi) is 3.58. The van der Waals surface area contributed by atoms with Gasteiger partial charge in [0.25, 0.3) is 5.91 Å². The number of aromatic nitrogens is 4. The lowest BCUT2D eigenvalue weighted by Crippen LogP contribution is -2.44. The van der Waals surface area contributed by atoms with Gasteiger partial charge in [-0.2, -0.15) is 5.10 Å². The van der Waals surface area contributed by atoms with Crippen molar-refractivity contribution in [2.24, 2.45) is 0 Å². The van der Waals surface area contributed by atoms with E-state index in [1.54, 1.807) is 17.3 Å². The zero-order chi connectivity index (χ0) is 13.8. The molecule has 7 heteroatoms. The second kappa shape index (κ2) is 5.68. The van der Waals surface area contributed by atoms with Gasteiger partial charge in [0.05, 0.1) is 6.54 Å². The minimum Gasteiger partial charge on any atom is -0.488 e. The van der Waals surface area contributed by atoms with Crippen LogP contribution < -0.4 is 4.74 Å². The number of rotatable bonds is 3. The number of likely N-dealkylation sites (tertiary alicyclic amines) is 1. The number of carbonyl (C=O) groups is 1. The van der Waals surface area contributed by atoms with E-state index in [0.717, 1.165) is 25.1 Å². The number of amides is 1. The zero-order valence-electron chi connectivity index (χ0n) is 10.9. The minimum atomic E-state index is -0.134. The molecular formula is C13H15N5O2. The first-order valence-corrected chi connectivity index (χ1v) is 6.54. The van der Waals surface area contributed by atoms with Crippen molar-refractivity contribution in [1.29, 1.82) is 0 Å². The van der Waals surface area contributed by atoms with E-state index in [2.05, 4.69) is 20.2 Å². The van der Waals surface area contributed by atoms with Crippen LogP contribution in [0, 0.1) is 0 Å². The lowest BCUT2D eigenvalue weighted by molar-refractivity contribution is 0.0527. The molecule has 3 heterocycles. The third-order valence-corrected chi connectivity index (χ3v) is 3.24. The van der Waals surface area contributed by atoms with Gasteiger partial charge in [-0.25, -0.2) is 4.98 Å². The maximum absolute atomic E-state index is 12.2. The van der Waals surface area contributed by atoms with E-state index in [1.807, 2.05) is 12.1 Å². The summed E-state index contributed by atoms with van der Waals surface area (Å²) in [5.74, 6) is 0.916. The lowest BCUT2D eigenvalue weighted by atomic mass is 10.1. The smallest absolute Gasteiger partial charge is 0.291 e. The highest BCUT2D eigenvalue weighted by molar-refractivity contribution is 5.90. The van der Waals surface area contributed by atoms with Gasteiger partial charge in [-0.1, -0.05) is 0 Å². The summed E-state index contributed by atoms with van der Waals surface area (Å²) in [5.41, 5.74) is 0. The van der Waals surface area contributed by atoms with E-state index in [0.29, 0.717) is 6.54 Å². The predicted octanol–water partition coefficient (Wildman–Crippen LogP) is 0.883. The molecule has 104 valence electrons. The summed E-state index contributed by atoms with van der Waals surface area (Å²) in [6.45, 7) is 1.28. The number of hydrogen-bond donors (Lipinski definition) is 1. The van der Waals surface area contributed by atoms with Crippen molar-refractivity contribution in [3.8, 4) is 5.75 Å². The SMILES string of the molecule is O=C(c1ncn[nH]1)N1CCCC(Oc2ccncc2)C1. The molecule has 0 saturated carbocycles. The molecule has 1 aliphatic heterocycles. The fourth-order valence-electron chi connectivity index (χ4n) is 2.29. The van der Waals surface area contributed by atoms with E-state index in [-0.39, 0.29) is 17.8 Å². The largest absolute Gasteiger partial charge is 0.488 e. The summed E-state index contributed by atoms with van der Waals surface area (Å²) < 4.78 is 5.87. The molecule has 0 aliphatic carbocycles. The van der Waals surface area contributed by atoms with Crippen molar-refractivity contribution >= 4 is 5.91 Å². The van der Waals surface area contributed by atoms with E-state index in [1.165, 1.54) is 6.33 Å². The summed E-state index contributed by atoms with van der Waals surface area (Å²) in [6.07, 6.45) is 6.56. The number of aromatic amines is 1. The van der Waals surface area contributed by atoms with Crippen LogP contribution in [0.25, 0.3) is 0 Å². The second-order valence-corrected chi connectivity index (χ2v) is 4.65. The van der Waals surface area contributed by atoms with Crippen molar-refractivity contribution < 1.29 is 9.53 Å². The molecule has 0 spiro atoms. The molecule has 1 atom stereocenters. The summed E-state index contributed by atoms with van der Waals surface area (Å²) in [5, 5.41) is 6.30. The minimum absolute atomic E-state index is 0.00183. The number of pyridine rings is 1. The molecule has 1 N–H and O–H groups in total. The first kappa shape index (κ1) is 12.6. The Hall–Kier alpha value is -2.44. The highest BCUT2D eigenvalue weighted by atomic mass is 16.5. The van der Waals surface area contributed by atoms with Crippen LogP contribution in [-0.2, 0) is 0 Å². The first-order chi connectivity index (χ1) is 9.83. The zero-order valence-corrected chi connectivity index (χ0v) is 10.9. The Morgan fingerprint density at radius 1 is 1.40 bits per heavy atom. The number of nitrogens with zero attached hydrogens (tertiary/aromatic N) is 4. The molecule has 2 aromatic rings. The van der Waals surface area contributed by atoms with Gasteiger partial charge in [-0.3, -0.25) is 14.9 Å². The Balaban J connectivity index is 1.63. The Morgan fingerprint density at radius 3 is 3.00 bits per heavy atom. The highest BCUT2D eigenvalue weighted by Crippen LogP contribution is 2.18. The van der Waals surface area contributed by atoms with E-state index >= 15 is 0 Å². The number of hydrogen-bond acceptors (Lipinski definition) is 5. The van der Waals surface area contributed by atoms with Crippen molar-refractivity contribution in [3.05, 3.63) is 36.7 Å². The maximum atomic E-state index is 12.2. The van der Waals surface area contributed by atoms with Crippen LogP contribution in [0.5, 0.6) is 5.75 Å². The maximum Gasteiger partial charge on any atom is 0.291 e. The fraction of sp³-hybridized carbons (Fsp3) is 0.385. The van der Waals surface area contributed by atoms with Crippen LogP contribution in [-0.4, -0.2) is 50.2 Å². The van der Waals surface area contributed by atoms with Gasteiger partial charge in [-0.15, -0.1) is 0 Å². The molecule has 1 fully saturated rings. The van der Waals surface area contributed by atoms with Gasteiger partial charge in [0, 0.05) is 18.9 Å². The Bertz CT molecular complexity index is 557. The molecule has 1 unspecified atom stereocenters. The highest BCUT2D eigenvalue weighted by Gasteiger charge is 2.26. The summed E-state index contributed by atoms with van der Waals surface area (Å²) in [6, 6.07) is 3.63. The van der Waals surface area contributed by atoms with Gasteiger partial charge in [0.15, 0.2) is 0 Å². The molecule has 0 bridgehead atoms. The van der Waals surface area contributed by atoms with Gasteiger partial charge in [0.1, 0.15) is 18.2 Å². The normalized spacial score (nSPS) is 18.8. The number of ether oxygens (including phenoxy) is 1. The van der Waals surface area contributed by atoms with Crippen molar-refractivity contribution in [2.45, 2.75) is 18.9 Å². The van der Waals surface area contributed by atoms with Crippen molar-refractivity contribution in [2.75, 3.05) is 13.1 Å². The molecule has 3 rings (SSSR count). The third kappa shape index (κ3) is 2.76. The number of H-pyrrole nitrogens is 1. The average Bonchev–Trinajstić information content (AvgIpc) is 3.02. The number of piperidine rings is 1. The molecule has 7 nitrogen and oxygen atoms in total. The van der Waals surface area contributed by atoms with Crippen molar-refractivity contribution in [1.82, 2.24) is 25.1 Å². The molecule has 0 radical (unpaired) electrons. The van der Waals surface area contributed by atoms with Crippen LogP contribution >= 0.6 is 0 Å². The van der Waals surface area contributed by atoms with E-state index < -0.39 is 0 Å². The van der Waals surface area contributed by atoms with Gasteiger partial charge < -0.3 is 9.64 Å². The quantitative estimate of drug-likeness (QED) is 0.897. The van der Waals surface area contributed by atoms with Crippen LogP contribution in [0.1, 0.15) is 23.5 Å². The van der Waals surface area contributed by atoms with Gasteiger partial charge in [-0.05, 0) is 25.0 Å². The topological polar surface area (TPSA) is 84.0 Å². The Labute approximate surface area is 116 Å². The number of nitrogens with one attached hydrogen (secondary N) is 1. The van der Waals surface area contributed by atoms with Gasteiger partial charge >= 0.3 is 0 Å². The summed E-state index contributed by atoms with van der Waals surface area (Å²) >= 11 is 0. The van der Waals surface area contributed by atoms with E-state index in [4.69, 9.17) is 4.74 Å². The molecule has 0 aromatic carbocycles. The van der Waals surface area contributed by atoms with Crippen molar-refractivity contribution in [3.63, 3.8) is 0 Å². The van der Waals surface area contributed by atoms with Gasteiger partial charge in [0.2, 0.25) is 5.82 Å². The van der Waals surface area contributed by atoms with Crippen LogP contribution in [0.3, 0.4) is 0 Å². The molecule has 1 amide bonds. The fourth-order valence-corrected chi connectivity index (χ4v) is 2.29. The number of carbonyl (C=O) groups excluding carboxylic acids is 1. The van der Waals surface area contributed by atoms with E-state index in [9.17, 15) is 4.79 Å². The molecule has 20 heavy (non-hydrogen) atoms. The van der Waals surface area contributed by atoms with Crippen LogP contribution in [0.15, 0.2) is 30.9 Å². The monoisotopic (exact) mass is 273 g/mol. The van der Waals surface area contributed by atoms with Crippen LogP contribution in [0.2, 0.25) is 0 Å². The molecule has 1 saturated heterocycles. The average molecular weight is 273 g/mol. The molecule has 2 aromatic heterocycles. The first-order valence-electron chi connectivity index (χ1n) is 6.54. The molecule has 1 aliphatic rings. The third-order valence-electron chi connectivity index (χ3n) is 3.24. The molecular weight excluding hydrogens is 258 g/mol. The summed E-state index contributed by atoms with van der Waals surface area (Å²) in [4.78, 5) is 21.8. The second-order valence-electron chi connectivity index (χ2n) is 4.65. The van der Waals surface area contributed by atoms with Crippen LogP contribution in [0.4, 0.5) is 0 Å². The lowest BCUT2D eigenvalue weighted by Gasteiger charge is -2.32. The Morgan fingerprint density at radius 2 is 2.25 bits per heavy atom.